The van der Waals surface area contributed by atoms with Crippen LogP contribution >= 0.6 is 0 Å². The van der Waals surface area contributed by atoms with E-state index in [9.17, 15) is 13.2 Å². The number of hydrazine groups is 1. The molecule has 0 heterocycles. The topological polar surface area (TPSA) is 96.5 Å². The van der Waals surface area contributed by atoms with Crippen LogP contribution in [-0.2, 0) is 10.0 Å². The smallest absolute Gasteiger partial charge is 0.269 e. The van der Waals surface area contributed by atoms with Crippen LogP contribution in [0.1, 0.15) is 24.2 Å². The second-order valence-corrected chi connectivity index (χ2v) is 7.87. The number of nitrogens with one attached hydrogen (secondary N) is 3. The Kier molecular flexibility index (Phi) is 6.84. The number of hydrogen-bond acceptors (Lipinski definition) is 5. The molecule has 0 aliphatic carbocycles. The number of amides is 1. The molecule has 0 atom stereocenters. The van der Waals surface area contributed by atoms with Crippen molar-refractivity contribution in [1.29, 1.82) is 0 Å². The average molecular weight is 401 g/mol. The van der Waals surface area contributed by atoms with Crippen LogP contribution in [0.25, 0.3) is 0 Å². The molecule has 0 aromatic heterocycles. The van der Waals surface area contributed by atoms with Gasteiger partial charge in [0.2, 0.25) is 0 Å². The number of carbonyl (C=O) groups is 1. The highest BCUT2D eigenvalue weighted by Crippen LogP contribution is 2.20. The van der Waals surface area contributed by atoms with Crippen LogP contribution in [0.3, 0.4) is 0 Å². The van der Waals surface area contributed by atoms with Crippen LogP contribution in [0.4, 0.5) is 5.69 Å². The van der Waals surface area contributed by atoms with E-state index in [2.05, 4.69) is 22.2 Å². The predicted molar refractivity (Wildman–Crippen MR) is 109 cm³/mol. The third kappa shape index (κ3) is 5.88. The molecule has 2 rings (SSSR count). The Morgan fingerprint density at radius 1 is 1.07 bits per heavy atom. The van der Waals surface area contributed by atoms with Crippen LogP contribution in [0.2, 0.25) is 0 Å². The minimum atomic E-state index is -3.85. The van der Waals surface area contributed by atoms with E-state index < -0.39 is 15.9 Å². The summed E-state index contributed by atoms with van der Waals surface area (Å²) in [5.74, 6) is 0.133. The molecule has 2 aromatic rings. The van der Waals surface area contributed by atoms with E-state index in [0.717, 1.165) is 5.57 Å². The van der Waals surface area contributed by atoms with Gasteiger partial charge in [-0.25, -0.2) is 8.42 Å². The number of benzene rings is 2. The molecule has 0 radical (unpaired) electrons. The van der Waals surface area contributed by atoms with Gasteiger partial charge in [0.25, 0.3) is 15.9 Å². The number of rotatable bonds is 8. The Balaban J connectivity index is 2.12. The Morgan fingerprint density at radius 2 is 1.75 bits per heavy atom. The van der Waals surface area contributed by atoms with Crippen LogP contribution in [-0.4, -0.2) is 21.4 Å². The largest absolute Gasteiger partial charge is 0.497 e. The number of allylic oxidation sites excluding steroid dienone is 2. The summed E-state index contributed by atoms with van der Waals surface area (Å²) in [6.07, 6.45) is 1.76. The molecule has 8 heteroatoms. The van der Waals surface area contributed by atoms with E-state index in [-0.39, 0.29) is 10.5 Å². The molecule has 7 nitrogen and oxygen atoms in total. The fourth-order valence-electron chi connectivity index (χ4n) is 2.27. The molecule has 2 aromatic carbocycles. The molecule has 3 N–H and O–H groups in total. The minimum Gasteiger partial charge on any atom is -0.497 e. The Hall–Kier alpha value is -3.26. The van der Waals surface area contributed by atoms with Crippen LogP contribution in [0.5, 0.6) is 5.75 Å². The fourth-order valence-corrected chi connectivity index (χ4v) is 3.38. The highest BCUT2D eigenvalue weighted by molar-refractivity contribution is 7.92. The third-order valence-electron chi connectivity index (χ3n) is 3.55. The summed E-state index contributed by atoms with van der Waals surface area (Å²) in [5, 5.41) is 0. The maximum Gasteiger partial charge on any atom is 0.269 e. The van der Waals surface area contributed by atoms with Gasteiger partial charge in [0.05, 0.1) is 12.0 Å². The lowest BCUT2D eigenvalue weighted by Crippen LogP contribution is -2.36. The van der Waals surface area contributed by atoms with Crippen molar-refractivity contribution in [2.24, 2.45) is 0 Å². The molecule has 1 amide bonds. The first-order chi connectivity index (χ1) is 13.2. The SMILES string of the molecule is C=C(C=C(C)C)NNC(=O)c1cccc(S(=O)(=O)Nc2ccc(OC)cc2)c1. The Labute approximate surface area is 165 Å². The van der Waals surface area contributed by atoms with Crippen molar-refractivity contribution in [3.05, 3.63) is 78.0 Å². The summed E-state index contributed by atoms with van der Waals surface area (Å²) in [5.41, 5.74) is 7.26. The summed E-state index contributed by atoms with van der Waals surface area (Å²) in [4.78, 5) is 12.2. The first-order valence-corrected chi connectivity index (χ1v) is 9.86. The van der Waals surface area contributed by atoms with E-state index in [1.807, 2.05) is 13.8 Å². The minimum absolute atomic E-state index is 0.0286. The zero-order valence-electron chi connectivity index (χ0n) is 15.9. The van der Waals surface area contributed by atoms with Gasteiger partial charge in [-0.05, 0) is 62.4 Å². The molecule has 0 aliphatic heterocycles. The van der Waals surface area contributed by atoms with Crippen molar-refractivity contribution < 1.29 is 17.9 Å². The van der Waals surface area contributed by atoms with Crippen LogP contribution in [0, 0.1) is 0 Å². The van der Waals surface area contributed by atoms with E-state index >= 15 is 0 Å². The number of sulfonamides is 1. The van der Waals surface area contributed by atoms with Crippen molar-refractivity contribution in [1.82, 2.24) is 10.9 Å². The Bertz CT molecular complexity index is 992. The van der Waals surface area contributed by atoms with Gasteiger partial charge in [-0.1, -0.05) is 18.2 Å². The summed E-state index contributed by atoms with van der Waals surface area (Å²) < 4.78 is 32.7. The van der Waals surface area contributed by atoms with E-state index in [4.69, 9.17) is 4.74 Å². The molecular weight excluding hydrogens is 378 g/mol. The molecule has 28 heavy (non-hydrogen) atoms. The third-order valence-corrected chi connectivity index (χ3v) is 4.93. The summed E-state index contributed by atoms with van der Waals surface area (Å²) in [7, 11) is -2.33. The molecule has 0 saturated heterocycles. The highest BCUT2D eigenvalue weighted by Gasteiger charge is 2.16. The Morgan fingerprint density at radius 3 is 2.36 bits per heavy atom. The quantitative estimate of drug-likeness (QED) is 0.466. The second-order valence-electron chi connectivity index (χ2n) is 6.19. The van der Waals surface area contributed by atoms with Crippen molar-refractivity contribution in [2.45, 2.75) is 18.7 Å². The van der Waals surface area contributed by atoms with Gasteiger partial charge in [-0.3, -0.25) is 20.4 Å². The van der Waals surface area contributed by atoms with Crippen molar-refractivity contribution in [2.75, 3.05) is 11.8 Å². The number of anilines is 1. The van der Waals surface area contributed by atoms with E-state index in [0.29, 0.717) is 17.1 Å². The number of methoxy groups -OCH3 is 1. The maximum absolute atomic E-state index is 12.6. The van der Waals surface area contributed by atoms with Gasteiger partial charge in [0.1, 0.15) is 5.75 Å². The van der Waals surface area contributed by atoms with Gasteiger partial charge in [0, 0.05) is 16.9 Å². The summed E-state index contributed by atoms with van der Waals surface area (Å²) >= 11 is 0. The fraction of sp³-hybridized carbons (Fsp3) is 0.150. The van der Waals surface area contributed by atoms with Crippen LogP contribution < -0.4 is 20.3 Å². The van der Waals surface area contributed by atoms with E-state index in [1.54, 1.807) is 30.3 Å². The first kappa shape index (κ1) is 21.0. The predicted octanol–water partition coefficient (Wildman–Crippen LogP) is 3.21. The summed E-state index contributed by atoms with van der Waals surface area (Å²) in [6.45, 7) is 7.56. The van der Waals surface area contributed by atoms with Gasteiger partial charge in [-0.15, -0.1) is 0 Å². The van der Waals surface area contributed by atoms with Gasteiger partial charge in [-0.2, -0.15) is 0 Å². The monoisotopic (exact) mass is 401 g/mol. The molecule has 148 valence electrons. The highest BCUT2D eigenvalue weighted by atomic mass is 32.2. The number of carbonyl (C=O) groups excluding carboxylic acids is 1. The molecule has 0 unspecified atom stereocenters. The normalized spacial score (nSPS) is 10.5. The molecular formula is C20H23N3O4S. The molecule has 0 spiro atoms. The number of ether oxygens (including phenoxy) is 1. The lowest BCUT2D eigenvalue weighted by molar-refractivity contribution is 0.0939. The number of hydrogen-bond donors (Lipinski definition) is 3. The summed E-state index contributed by atoms with van der Waals surface area (Å²) in [6, 6.07) is 12.2. The second kappa shape index (κ2) is 9.09. The van der Waals surface area contributed by atoms with Crippen molar-refractivity contribution >= 4 is 21.6 Å². The van der Waals surface area contributed by atoms with Crippen molar-refractivity contribution in [3.63, 3.8) is 0 Å². The maximum atomic E-state index is 12.6. The molecule has 0 saturated carbocycles. The molecule has 0 bridgehead atoms. The van der Waals surface area contributed by atoms with E-state index in [1.165, 1.54) is 31.4 Å². The lowest BCUT2D eigenvalue weighted by Gasteiger charge is -2.11. The van der Waals surface area contributed by atoms with Gasteiger partial charge < -0.3 is 4.74 Å². The standard InChI is InChI=1S/C20H23N3O4S/c1-14(2)12-15(3)21-22-20(24)16-6-5-7-19(13-16)28(25,26)23-17-8-10-18(27-4)11-9-17/h5-13,21,23H,3H2,1-2,4H3,(H,22,24). The average Bonchev–Trinajstić information content (AvgIpc) is 2.66. The van der Waals surface area contributed by atoms with Crippen LogP contribution in [0.15, 0.2) is 77.4 Å². The van der Waals surface area contributed by atoms with Gasteiger partial charge >= 0.3 is 0 Å². The van der Waals surface area contributed by atoms with Crippen molar-refractivity contribution in [3.8, 4) is 5.75 Å². The first-order valence-electron chi connectivity index (χ1n) is 8.38. The zero-order chi connectivity index (χ0) is 20.7. The molecule has 0 aliphatic rings. The zero-order valence-corrected chi connectivity index (χ0v) is 16.8. The lowest BCUT2D eigenvalue weighted by atomic mass is 10.2. The van der Waals surface area contributed by atoms with Gasteiger partial charge in [0.15, 0.2) is 0 Å². The molecule has 0 fully saturated rings.